The zero-order valence-electron chi connectivity index (χ0n) is 56.1. The van der Waals surface area contributed by atoms with E-state index in [2.05, 4.69) is 32.9 Å². The summed E-state index contributed by atoms with van der Waals surface area (Å²) in [5.74, 6) is -0.840. The van der Waals surface area contributed by atoms with Gasteiger partial charge in [-0.1, -0.05) is 392 Å². The predicted molar refractivity (Wildman–Crippen MR) is 358 cm³/mol. The number of rotatable bonds is 71. The van der Waals surface area contributed by atoms with Gasteiger partial charge in [-0.05, 0) is 38.5 Å². The molecule has 0 amide bonds. The summed E-state index contributed by atoms with van der Waals surface area (Å²) >= 11 is 0. The lowest BCUT2D eigenvalue weighted by molar-refractivity contribution is -0.167. The molecule has 0 aromatic heterocycles. The first kappa shape index (κ1) is 80.2. The van der Waals surface area contributed by atoms with Crippen molar-refractivity contribution in [2.24, 2.45) is 0 Å². The summed E-state index contributed by atoms with van der Waals surface area (Å²) in [4.78, 5) is 38.4. The largest absolute Gasteiger partial charge is 0.462 e. The fraction of sp³-hybridized carbons (Fsp3) is 0.934. The van der Waals surface area contributed by atoms with E-state index in [-0.39, 0.29) is 31.1 Å². The van der Waals surface area contributed by atoms with Crippen molar-refractivity contribution in [1.82, 2.24) is 0 Å². The molecule has 0 N–H and O–H groups in total. The molecular formula is C76H146O6. The fourth-order valence-electron chi connectivity index (χ4n) is 11.8. The van der Waals surface area contributed by atoms with Gasteiger partial charge in [0.05, 0.1) is 0 Å². The van der Waals surface area contributed by atoms with Gasteiger partial charge < -0.3 is 14.2 Å². The Kier molecular flexibility index (Phi) is 70.0. The second-order valence-electron chi connectivity index (χ2n) is 25.9. The zero-order valence-corrected chi connectivity index (χ0v) is 56.1. The normalized spacial score (nSPS) is 12.0. The van der Waals surface area contributed by atoms with Crippen LogP contribution in [0.25, 0.3) is 0 Å². The van der Waals surface area contributed by atoms with Crippen molar-refractivity contribution in [1.29, 1.82) is 0 Å². The summed E-state index contributed by atoms with van der Waals surface area (Å²) in [6, 6.07) is 0. The quantitative estimate of drug-likeness (QED) is 0.0261. The lowest BCUT2D eigenvalue weighted by Gasteiger charge is -2.18. The fourth-order valence-corrected chi connectivity index (χ4v) is 11.8. The average molecular weight is 1160 g/mol. The molecule has 6 nitrogen and oxygen atoms in total. The number of hydrogen-bond donors (Lipinski definition) is 0. The minimum atomic E-state index is -0.770. The van der Waals surface area contributed by atoms with Crippen LogP contribution in [0.5, 0.6) is 0 Å². The highest BCUT2D eigenvalue weighted by molar-refractivity contribution is 5.71. The van der Waals surface area contributed by atoms with Crippen LogP contribution in [0.4, 0.5) is 0 Å². The molecule has 1 atom stereocenters. The molecule has 0 fully saturated rings. The van der Waals surface area contributed by atoms with E-state index in [0.717, 1.165) is 64.2 Å². The van der Waals surface area contributed by atoms with Gasteiger partial charge >= 0.3 is 17.9 Å². The van der Waals surface area contributed by atoms with E-state index < -0.39 is 6.10 Å². The van der Waals surface area contributed by atoms with E-state index in [9.17, 15) is 14.4 Å². The molecule has 0 saturated carbocycles. The Morgan fingerprint density at radius 1 is 0.232 bits per heavy atom. The van der Waals surface area contributed by atoms with Crippen LogP contribution in [-0.4, -0.2) is 37.2 Å². The molecule has 0 heterocycles. The number of hydrogen-bond acceptors (Lipinski definition) is 6. The third kappa shape index (κ3) is 68.9. The number of carbonyl (C=O) groups excluding carboxylic acids is 3. The smallest absolute Gasteiger partial charge is 0.306 e. The van der Waals surface area contributed by atoms with E-state index in [0.29, 0.717) is 19.3 Å². The van der Waals surface area contributed by atoms with Crippen molar-refractivity contribution in [2.45, 2.75) is 444 Å². The number of allylic oxidation sites excluding steroid dienone is 2. The van der Waals surface area contributed by atoms with Crippen molar-refractivity contribution in [3.8, 4) is 0 Å². The van der Waals surface area contributed by atoms with E-state index in [1.807, 2.05) is 0 Å². The number of ether oxygens (including phenoxy) is 3. The highest BCUT2D eigenvalue weighted by Gasteiger charge is 2.20. The van der Waals surface area contributed by atoms with Crippen LogP contribution in [0.2, 0.25) is 0 Å². The lowest BCUT2D eigenvalue weighted by atomic mass is 10.0. The molecule has 1 unspecified atom stereocenters. The number of carbonyl (C=O) groups is 3. The van der Waals surface area contributed by atoms with Crippen LogP contribution in [0.3, 0.4) is 0 Å². The summed E-state index contributed by atoms with van der Waals surface area (Å²) in [6.45, 7) is 6.69. The van der Waals surface area contributed by atoms with Crippen molar-refractivity contribution in [3.05, 3.63) is 12.2 Å². The van der Waals surface area contributed by atoms with Crippen LogP contribution in [0.1, 0.15) is 438 Å². The highest BCUT2D eigenvalue weighted by Crippen LogP contribution is 2.20. The van der Waals surface area contributed by atoms with Crippen LogP contribution >= 0.6 is 0 Å². The van der Waals surface area contributed by atoms with Crippen LogP contribution in [-0.2, 0) is 28.6 Å². The van der Waals surface area contributed by atoms with E-state index >= 15 is 0 Å². The molecular weight excluding hydrogens is 1010 g/mol. The summed E-state index contributed by atoms with van der Waals surface area (Å²) in [7, 11) is 0. The van der Waals surface area contributed by atoms with Gasteiger partial charge in [-0.15, -0.1) is 0 Å². The van der Waals surface area contributed by atoms with Crippen LogP contribution < -0.4 is 0 Å². The number of unbranched alkanes of at least 4 members (excludes halogenated alkanes) is 58. The zero-order chi connectivity index (χ0) is 59.2. The highest BCUT2D eigenvalue weighted by atomic mass is 16.6. The van der Waals surface area contributed by atoms with Gasteiger partial charge in [-0.3, -0.25) is 14.4 Å². The minimum Gasteiger partial charge on any atom is -0.462 e. The molecule has 486 valence electrons. The lowest BCUT2D eigenvalue weighted by Crippen LogP contribution is -2.30. The summed E-state index contributed by atoms with van der Waals surface area (Å²) in [5, 5.41) is 0. The maximum atomic E-state index is 13.0. The van der Waals surface area contributed by atoms with E-state index in [1.165, 1.54) is 334 Å². The standard InChI is InChI=1S/C76H146O6/c1-4-7-10-13-16-19-22-24-26-28-30-32-34-36-37-38-39-40-42-43-45-47-49-51-54-57-60-63-66-69-75(78)81-72-73(71-80-74(77)68-65-62-59-56-53-21-18-15-12-9-6-3)82-76(79)70-67-64-61-58-55-52-50-48-46-44-41-35-33-31-29-27-25-23-20-17-14-11-8-5-2/h15,18,73H,4-14,16-17,19-72H2,1-3H3/b18-15-. The molecule has 0 spiro atoms. The first-order chi connectivity index (χ1) is 40.5. The first-order valence-electron chi connectivity index (χ1n) is 37.7. The first-order valence-corrected chi connectivity index (χ1v) is 37.7. The molecule has 82 heavy (non-hydrogen) atoms. The van der Waals surface area contributed by atoms with Gasteiger partial charge in [0.25, 0.3) is 0 Å². The summed E-state index contributed by atoms with van der Waals surface area (Å²) in [5.41, 5.74) is 0. The topological polar surface area (TPSA) is 78.9 Å². The second kappa shape index (κ2) is 71.6. The van der Waals surface area contributed by atoms with Crippen molar-refractivity contribution in [3.63, 3.8) is 0 Å². The predicted octanol–water partition coefficient (Wildman–Crippen LogP) is 26.0. The number of esters is 3. The second-order valence-corrected chi connectivity index (χ2v) is 25.9. The van der Waals surface area contributed by atoms with Gasteiger partial charge in [-0.2, -0.15) is 0 Å². The van der Waals surface area contributed by atoms with Gasteiger partial charge in [-0.25, -0.2) is 0 Å². The van der Waals surface area contributed by atoms with Gasteiger partial charge in [0.15, 0.2) is 6.10 Å². The summed E-state index contributed by atoms with van der Waals surface area (Å²) in [6.07, 6.45) is 87.1. The monoisotopic (exact) mass is 1160 g/mol. The Bertz CT molecular complexity index is 1280. The third-order valence-electron chi connectivity index (χ3n) is 17.5. The molecule has 0 radical (unpaired) electrons. The molecule has 0 aromatic rings. The van der Waals surface area contributed by atoms with Crippen LogP contribution in [0.15, 0.2) is 12.2 Å². The average Bonchev–Trinajstić information content (AvgIpc) is 3.47. The van der Waals surface area contributed by atoms with Gasteiger partial charge in [0.2, 0.25) is 0 Å². The Morgan fingerprint density at radius 3 is 0.646 bits per heavy atom. The Morgan fingerprint density at radius 2 is 0.415 bits per heavy atom. The minimum absolute atomic E-state index is 0.0657. The third-order valence-corrected chi connectivity index (χ3v) is 17.5. The van der Waals surface area contributed by atoms with Crippen molar-refractivity contribution in [2.75, 3.05) is 13.2 Å². The molecule has 0 aliphatic rings. The molecule has 0 aromatic carbocycles. The van der Waals surface area contributed by atoms with E-state index in [1.54, 1.807) is 0 Å². The van der Waals surface area contributed by atoms with Crippen molar-refractivity contribution >= 4 is 17.9 Å². The maximum absolute atomic E-state index is 13.0. The maximum Gasteiger partial charge on any atom is 0.306 e. The van der Waals surface area contributed by atoms with E-state index in [4.69, 9.17) is 14.2 Å². The summed E-state index contributed by atoms with van der Waals surface area (Å²) < 4.78 is 17.0. The molecule has 0 rings (SSSR count). The Hall–Kier alpha value is -1.85. The van der Waals surface area contributed by atoms with Crippen molar-refractivity contribution < 1.29 is 28.6 Å². The molecule has 6 heteroatoms. The van der Waals surface area contributed by atoms with Gasteiger partial charge in [0, 0.05) is 19.3 Å². The van der Waals surface area contributed by atoms with Crippen LogP contribution in [0, 0.1) is 0 Å². The molecule has 0 aliphatic carbocycles. The van der Waals surface area contributed by atoms with Gasteiger partial charge in [0.1, 0.15) is 13.2 Å². The Labute approximate surface area is 513 Å². The molecule has 0 aliphatic heterocycles. The molecule has 0 bridgehead atoms. The Balaban J connectivity index is 4.10. The SMILES string of the molecule is CCCC/C=C\CCCCCCCC(=O)OCC(COC(=O)CCCCCCCCCCCCCCCCCCCCCCCCCCCCCCC)OC(=O)CCCCCCCCCCCCCCCCCCCCCCCCCC. The molecule has 0 saturated heterocycles.